The average Bonchev–Trinajstić information content (AvgIpc) is 2.96. The topological polar surface area (TPSA) is 38.8 Å². The molecular weight excluding hydrogens is 492 g/mol. The molecule has 0 radical (unpaired) electrons. The first-order chi connectivity index (χ1) is 18.6. The molecule has 5 nitrogen and oxygen atoms in total. The largest absolute Gasteiger partial charge is 0.344 e. The lowest BCUT2D eigenvalue weighted by Gasteiger charge is -2.44. The zero-order valence-corrected chi connectivity index (χ0v) is 23.1. The van der Waals surface area contributed by atoms with Gasteiger partial charge < -0.3 is 10.2 Å². The molecular formula is C32H39ClN4O. The number of nitrogens with zero attached hydrogens (tertiary/aromatic N) is 3. The first-order valence-corrected chi connectivity index (χ1v) is 14.2. The summed E-state index contributed by atoms with van der Waals surface area (Å²) in [7, 11) is 2.22. The number of carbonyl (C=O) groups is 1. The van der Waals surface area contributed by atoms with Crippen LogP contribution in [-0.4, -0.2) is 73.5 Å². The molecule has 5 rings (SSSR count). The van der Waals surface area contributed by atoms with Crippen molar-refractivity contribution >= 4 is 17.5 Å². The fourth-order valence-corrected chi connectivity index (χ4v) is 6.17. The highest BCUT2D eigenvalue weighted by Crippen LogP contribution is 2.36. The van der Waals surface area contributed by atoms with Crippen molar-refractivity contribution in [2.24, 2.45) is 5.92 Å². The maximum atomic E-state index is 13.2. The van der Waals surface area contributed by atoms with Gasteiger partial charge in [0.1, 0.15) is 0 Å². The number of benzene rings is 3. The number of piperidine rings is 1. The minimum Gasteiger partial charge on any atom is -0.344 e. The molecule has 6 heteroatoms. The summed E-state index contributed by atoms with van der Waals surface area (Å²) in [6, 6.07) is 29.2. The van der Waals surface area contributed by atoms with Gasteiger partial charge in [0.15, 0.2) is 0 Å². The van der Waals surface area contributed by atoms with E-state index in [0.29, 0.717) is 18.5 Å². The Hall–Kier alpha value is -2.70. The van der Waals surface area contributed by atoms with Crippen molar-refractivity contribution in [1.82, 2.24) is 20.0 Å². The van der Waals surface area contributed by atoms with Gasteiger partial charge >= 0.3 is 0 Å². The van der Waals surface area contributed by atoms with E-state index < -0.39 is 0 Å². The highest BCUT2D eigenvalue weighted by molar-refractivity contribution is 6.30. The van der Waals surface area contributed by atoms with Crippen LogP contribution in [0.2, 0.25) is 5.02 Å². The summed E-state index contributed by atoms with van der Waals surface area (Å²) in [6.45, 7) is 6.44. The third-order valence-corrected chi connectivity index (χ3v) is 8.41. The number of rotatable bonds is 8. The van der Waals surface area contributed by atoms with Gasteiger partial charge in [0, 0.05) is 37.2 Å². The molecule has 1 amide bonds. The number of nitrogens with one attached hydrogen (secondary N) is 1. The third-order valence-electron chi connectivity index (χ3n) is 8.16. The van der Waals surface area contributed by atoms with E-state index in [2.05, 4.69) is 63.5 Å². The van der Waals surface area contributed by atoms with Gasteiger partial charge in [-0.05, 0) is 67.7 Å². The highest BCUT2D eigenvalue weighted by Gasteiger charge is 2.33. The Kier molecular flexibility index (Phi) is 9.13. The zero-order valence-electron chi connectivity index (χ0n) is 22.3. The maximum absolute atomic E-state index is 13.2. The molecule has 38 heavy (non-hydrogen) atoms. The van der Waals surface area contributed by atoms with Crippen LogP contribution in [0.25, 0.3) is 0 Å². The molecule has 0 aromatic heterocycles. The van der Waals surface area contributed by atoms with Gasteiger partial charge in [-0.3, -0.25) is 14.6 Å². The number of hydrogen-bond donors (Lipinski definition) is 1. The summed E-state index contributed by atoms with van der Waals surface area (Å²) in [5.41, 5.74) is 3.56. The lowest BCUT2D eigenvalue weighted by atomic mass is 9.84. The van der Waals surface area contributed by atoms with Crippen molar-refractivity contribution in [2.45, 2.75) is 24.9 Å². The molecule has 1 unspecified atom stereocenters. The number of halogens is 1. The molecule has 3 aromatic carbocycles. The Labute approximate surface area is 232 Å². The smallest absolute Gasteiger partial charge is 0.234 e. The van der Waals surface area contributed by atoms with Gasteiger partial charge in [-0.25, -0.2) is 0 Å². The highest BCUT2D eigenvalue weighted by atomic mass is 35.5. The third kappa shape index (κ3) is 6.83. The van der Waals surface area contributed by atoms with Crippen LogP contribution in [0.3, 0.4) is 0 Å². The van der Waals surface area contributed by atoms with Crippen LogP contribution < -0.4 is 5.32 Å². The minimum atomic E-state index is -0.148. The second-order valence-corrected chi connectivity index (χ2v) is 11.2. The summed E-state index contributed by atoms with van der Waals surface area (Å²) in [4.78, 5) is 20.6. The molecule has 2 aliphatic heterocycles. The van der Waals surface area contributed by atoms with E-state index in [1.807, 2.05) is 48.5 Å². The molecule has 200 valence electrons. The van der Waals surface area contributed by atoms with Gasteiger partial charge in [0.05, 0.1) is 12.6 Å². The first-order valence-electron chi connectivity index (χ1n) is 13.9. The van der Waals surface area contributed by atoms with Crippen molar-refractivity contribution in [3.8, 4) is 0 Å². The summed E-state index contributed by atoms with van der Waals surface area (Å²) in [6.07, 6.45) is 2.43. The van der Waals surface area contributed by atoms with E-state index >= 15 is 0 Å². The average molecular weight is 531 g/mol. The van der Waals surface area contributed by atoms with E-state index in [1.54, 1.807) is 0 Å². The Morgan fingerprint density at radius 1 is 0.789 bits per heavy atom. The SMILES string of the molecule is CN1CCC(C(c2ccc(Cl)cc2)N2CCN(CC(=O)NC(c3ccccc3)c3ccccc3)CC2)CC1. The fraction of sp³-hybridized carbons (Fsp3) is 0.406. The number of amides is 1. The number of likely N-dealkylation sites (tertiary alicyclic amines) is 1. The molecule has 0 bridgehead atoms. The fourth-order valence-electron chi connectivity index (χ4n) is 6.04. The van der Waals surface area contributed by atoms with Gasteiger partial charge in [-0.1, -0.05) is 84.4 Å². The van der Waals surface area contributed by atoms with E-state index in [0.717, 1.165) is 55.4 Å². The quantitative estimate of drug-likeness (QED) is 0.432. The molecule has 3 aromatic rings. The van der Waals surface area contributed by atoms with Crippen LogP contribution in [0.4, 0.5) is 0 Å². The molecule has 2 saturated heterocycles. The van der Waals surface area contributed by atoms with Crippen molar-refractivity contribution in [1.29, 1.82) is 0 Å². The van der Waals surface area contributed by atoms with Crippen LogP contribution in [0.5, 0.6) is 0 Å². The Morgan fingerprint density at radius 3 is 1.89 bits per heavy atom. The summed E-state index contributed by atoms with van der Waals surface area (Å²) in [5.74, 6) is 0.709. The monoisotopic (exact) mass is 530 g/mol. The first kappa shape index (κ1) is 26.9. The van der Waals surface area contributed by atoms with Gasteiger partial charge in [0.2, 0.25) is 5.91 Å². The number of piperazine rings is 1. The zero-order chi connectivity index (χ0) is 26.3. The van der Waals surface area contributed by atoms with Gasteiger partial charge in [-0.15, -0.1) is 0 Å². The number of hydrogen-bond acceptors (Lipinski definition) is 4. The van der Waals surface area contributed by atoms with Crippen LogP contribution in [-0.2, 0) is 4.79 Å². The van der Waals surface area contributed by atoms with E-state index in [9.17, 15) is 4.79 Å². The Balaban J connectivity index is 1.22. The van der Waals surface area contributed by atoms with Crippen LogP contribution in [0.1, 0.15) is 41.6 Å². The maximum Gasteiger partial charge on any atom is 0.234 e. The molecule has 1 atom stereocenters. The lowest BCUT2D eigenvalue weighted by Crippen LogP contribution is -2.52. The second kappa shape index (κ2) is 12.9. The molecule has 2 heterocycles. The predicted octanol–water partition coefficient (Wildman–Crippen LogP) is 5.25. The van der Waals surface area contributed by atoms with Crippen LogP contribution in [0, 0.1) is 5.92 Å². The normalized spacial score (nSPS) is 18.9. The summed E-state index contributed by atoms with van der Waals surface area (Å²) < 4.78 is 0. The Morgan fingerprint density at radius 2 is 1.34 bits per heavy atom. The molecule has 0 spiro atoms. The van der Waals surface area contributed by atoms with E-state index in [-0.39, 0.29) is 11.9 Å². The molecule has 2 fully saturated rings. The minimum absolute atomic E-state index is 0.0701. The molecule has 0 aliphatic carbocycles. The van der Waals surface area contributed by atoms with Crippen molar-refractivity contribution in [2.75, 3.05) is 52.9 Å². The predicted molar refractivity (Wildman–Crippen MR) is 155 cm³/mol. The standard InChI is InChI=1S/C32H39ClN4O/c1-35-18-16-28(17-19-35)32(27-12-14-29(33)15-13-27)37-22-20-36(21-23-37)24-30(38)34-31(25-8-4-2-5-9-25)26-10-6-3-7-11-26/h2-15,28,31-32H,16-24H2,1H3,(H,34,38). The summed E-state index contributed by atoms with van der Waals surface area (Å²) in [5, 5.41) is 4.09. The lowest BCUT2D eigenvalue weighted by molar-refractivity contribution is -0.123. The summed E-state index contributed by atoms with van der Waals surface area (Å²) >= 11 is 6.22. The van der Waals surface area contributed by atoms with Gasteiger partial charge in [0.25, 0.3) is 0 Å². The van der Waals surface area contributed by atoms with E-state index in [1.165, 1.54) is 18.4 Å². The Bertz CT molecular complexity index is 1100. The van der Waals surface area contributed by atoms with Crippen molar-refractivity contribution < 1.29 is 4.79 Å². The van der Waals surface area contributed by atoms with Crippen LogP contribution >= 0.6 is 11.6 Å². The van der Waals surface area contributed by atoms with Crippen molar-refractivity contribution in [3.05, 3.63) is 107 Å². The van der Waals surface area contributed by atoms with Crippen molar-refractivity contribution in [3.63, 3.8) is 0 Å². The number of carbonyl (C=O) groups excluding carboxylic acids is 1. The molecule has 0 saturated carbocycles. The molecule has 1 N–H and O–H groups in total. The van der Waals surface area contributed by atoms with E-state index in [4.69, 9.17) is 11.6 Å². The van der Waals surface area contributed by atoms with Gasteiger partial charge in [-0.2, -0.15) is 0 Å². The van der Waals surface area contributed by atoms with Crippen LogP contribution in [0.15, 0.2) is 84.9 Å². The molecule has 2 aliphatic rings. The second-order valence-electron chi connectivity index (χ2n) is 10.8.